The van der Waals surface area contributed by atoms with Crippen LogP contribution in [0, 0.1) is 11.8 Å². The summed E-state index contributed by atoms with van der Waals surface area (Å²) in [5.74, 6) is 5.64. The van der Waals surface area contributed by atoms with Crippen molar-refractivity contribution in [3.8, 4) is 11.8 Å². The van der Waals surface area contributed by atoms with E-state index in [1.165, 1.54) is 9.75 Å². The Labute approximate surface area is 133 Å². The standard InChI is InChI=1S/C16H19NO2S2/c1-19-10-8-17(12-15-5-3-11-20-15)13-16-7-6-14(21-16)4-2-9-18/h3,5-7,11,18H,8-10,12-13H2,1H3. The van der Waals surface area contributed by atoms with Crippen LogP contribution in [-0.4, -0.2) is 36.9 Å². The summed E-state index contributed by atoms with van der Waals surface area (Å²) in [4.78, 5) is 6.03. The number of hydrogen-bond donors (Lipinski definition) is 1. The zero-order valence-electron chi connectivity index (χ0n) is 12.0. The number of rotatable bonds is 7. The van der Waals surface area contributed by atoms with E-state index in [0.717, 1.165) is 31.1 Å². The molecule has 0 aliphatic heterocycles. The molecule has 112 valence electrons. The Morgan fingerprint density at radius 2 is 2.10 bits per heavy atom. The van der Waals surface area contributed by atoms with Gasteiger partial charge < -0.3 is 9.84 Å². The highest BCUT2D eigenvalue weighted by Gasteiger charge is 2.09. The molecule has 21 heavy (non-hydrogen) atoms. The molecule has 0 saturated heterocycles. The van der Waals surface area contributed by atoms with Crippen LogP contribution in [0.15, 0.2) is 29.6 Å². The van der Waals surface area contributed by atoms with Crippen LogP contribution in [-0.2, 0) is 17.8 Å². The largest absolute Gasteiger partial charge is 0.384 e. The number of methoxy groups -OCH3 is 1. The van der Waals surface area contributed by atoms with Crippen molar-refractivity contribution in [3.05, 3.63) is 44.3 Å². The number of hydrogen-bond acceptors (Lipinski definition) is 5. The van der Waals surface area contributed by atoms with Crippen molar-refractivity contribution in [1.29, 1.82) is 0 Å². The van der Waals surface area contributed by atoms with Crippen molar-refractivity contribution in [2.24, 2.45) is 0 Å². The van der Waals surface area contributed by atoms with Crippen LogP contribution >= 0.6 is 22.7 Å². The lowest BCUT2D eigenvalue weighted by Gasteiger charge is -2.20. The third-order valence-electron chi connectivity index (χ3n) is 2.90. The second kappa shape index (κ2) is 8.98. The zero-order valence-corrected chi connectivity index (χ0v) is 13.7. The van der Waals surface area contributed by atoms with Gasteiger partial charge in [-0.05, 0) is 23.6 Å². The molecule has 0 atom stereocenters. The molecular weight excluding hydrogens is 302 g/mol. The molecule has 0 unspecified atom stereocenters. The maximum atomic E-state index is 8.73. The van der Waals surface area contributed by atoms with E-state index < -0.39 is 0 Å². The van der Waals surface area contributed by atoms with E-state index in [2.05, 4.69) is 40.3 Å². The minimum absolute atomic E-state index is 0.0917. The van der Waals surface area contributed by atoms with Gasteiger partial charge >= 0.3 is 0 Å². The summed E-state index contributed by atoms with van der Waals surface area (Å²) in [6, 6.07) is 8.38. The Morgan fingerprint density at radius 3 is 2.81 bits per heavy atom. The van der Waals surface area contributed by atoms with Crippen LogP contribution in [0.2, 0.25) is 0 Å². The average Bonchev–Trinajstić information content (AvgIpc) is 3.14. The molecule has 2 rings (SSSR count). The van der Waals surface area contributed by atoms with Crippen LogP contribution in [0.3, 0.4) is 0 Å². The van der Waals surface area contributed by atoms with Gasteiger partial charge in [-0.1, -0.05) is 17.9 Å². The van der Waals surface area contributed by atoms with Crippen molar-refractivity contribution in [3.63, 3.8) is 0 Å². The number of thiophene rings is 2. The lowest BCUT2D eigenvalue weighted by molar-refractivity contribution is 0.141. The fourth-order valence-electron chi connectivity index (χ4n) is 1.93. The normalized spacial score (nSPS) is 10.6. The van der Waals surface area contributed by atoms with Gasteiger partial charge in [0, 0.05) is 36.5 Å². The predicted molar refractivity (Wildman–Crippen MR) is 88.6 cm³/mol. The molecule has 1 N–H and O–H groups in total. The molecule has 0 aliphatic carbocycles. The minimum atomic E-state index is -0.0917. The summed E-state index contributed by atoms with van der Waals surface area (Å²) in [5, 5.41) is 10.8. The highest BCUT2D eigenvalue weighted by molar-refractivity contribution is 7.12. The Kier molecular flexibility index (Phi) is 6.93. The highest BCUT2D eigenvalue weighted by Crippen LogP contribution is 2.19. The molecule has 2 aromatic heterocycles. The Hall–Kier alpha value is -1.16. The smallest absolute Gasteiger partial charge is 0.104 e. The van der Waals surface area contributed by atoms with Gasteiger partial charge in [0.15, 0.2) is 0 Å². The highest BCUT2D eigenvalue weighted by atomic mass is 32.1. The van der Waals surface area contributed by atoms with E-state index in [9.17, 15) is 0 Å². The summed E-state index contributed by atoms with van der Waals surface area (Å²) in [5.41, 5.74) is 0. The predicted octanol–water partition coefficient (Wildman–Crippen LogP) is 2.80. The van der Waals surface area contributed by atoms with E-state index in [4.69, 9.17) is 9.84 Å². The number of ether oxygens (including phenoxy) is 1. The van der Waals surface area contributed by atoms with Gasteiger partial charge in [-0.2, -0.15) is 0 Å². The molecule has 5 heteroatoms. The molecule has 0 bridgehead atoms. The van der Waals surface area contributed by atoms with E-state index >= 15 is 0 Å². The second-order valence-electron chi connectivity index (χ2n) is 4.51. The van der Waals surface area contributed by atoms with Crippen molar-refractivity contribution < 1.29 is 9.84 Å². The average molecular weight is 321 g/mol. The zero-order chi connectivity index (χ0) is 14.9. The Bertz CT molecular complexity index is 581. The molecule has 2 heterocycles. The Balaban J connectivity index is 1.98. The summed E-state index contributed by atoms with van der Waals surface area (Å²) in [6.07, 6.45) is 0. The van der Waals surface area contributed by atoms with Crippen molar-refractivity contribution >= 4 is 22.7 Å². The topological polar surface area (TPSA) is 32.7 Å². The number of nitrogens with zero attached hydrogens (tertiary/aromatic N) is 1. The van der Waals surface area contributed by atoms with Crippen LogP contribution in [0.4, 0.5) is 0 Å². The first-order valence-electron chi connectivity index (χ1n) is 6.74. The van der Waals surface area contributed by atoms with Gasteiger partial charge in [-0.3, -0.25) is 4.90 Å². The molecule has 2 aromatic rings. The minimum Gasteiger partial charge on any atom is -0.384 e. The monoisotopic (exact) mass is 321 g/mol. The van der Waals surface area contributed by atoms with Crippen molar-refractivity contribution in [2.45, 2.75) is 13.1 Å². The molecule has 0 fully saturated rings. The van der Waals surface area contributed by atoms with Crippen LogP contribution in [0.5, 0.6) is 0 Å². The SMILES string of the molecule is COCCN(Cc1cccs1)Cc1ccc(C#CCO)s1. The summed E-state index contributed by atoms with van der Waals surface area (Å²) >= 11 is 3.47. The summed E-state index contributed by atoms with van der Waals surface area (Å²) < 4.78 is 5.20. The molecule has 0 amide bonds. The first kappa shape index (κ1) is 16.2. The fourth-order valence-corrected chi connectivity index (χ4v) is 3.61. The van der Waals surface area contributed by atoms with E-state index in [0.29, 0.717) is 0 Å². The van der Waals surface area contributed by atoms with Crippen molar-refractivity contribution in [2.75, 3.05) is 26.9 Å². The van der Waals surface area contributed by atoms with E-state index in [1.807, 2.05) is 6.07 Å². The molecule has 3 nitrogen and oxygen atoms in total. The number of aliphatic hydroxyl groups is 1. The van der Waals surface area contributed by atoms with Gasteiger partial charge in [0.2, 0.25) is 0 Å². The molecule has 0 spiro atoms. The fraction of sp³-hybridized carbons (Fsp3) is 0.375. The maximum Gasteiger partial charge on any atom is 0.104 e. The first-order valence-corrected chi connectivity index (χ1v) is 8.43. The van der Waals surface area contributed by atoms with E-state index in [-0.39, 0.29) is 6.61 Å². The van der Waals surface area contributed by atoms with Crippen molar-refractivity contribution in [1.82, 2.24) is 4.90 Å². The van der Waals surface area contributed by atoms with E-state index in [1.54, 1.807) is 29.8 Å². The summed E-state index contributed by atoms with van der Waals surface area (Å²) in [6.45, 7) is 3.38. The third-order valence-corrected chi connectivity index (χ3v) is 4.75. The van der Waals surface area contributed by atoms with Crippen LogP contribution in [0.1, 0.15) is 14.6 Å². The van der Waals surface area contributed by atoms with Gasteiger partial charge in [-0.25, -0.2) is 0 Å². The maximum absolute atomic E-state index is 8.73. The molecule has 0 aromatic carbocycles. The third kappa shape index (κ3) is 5.62. The second-order valence-corrected chi connectivity index (χ2v) is 6.71. The quantitative estimate of drug-likeness (QED) is 0.796. The van der Waals surface area contributed by atoms with Crippen LogP contribution in [0.25, 0.3) is 0 Å². The molecule has 0 saturated carbocycles. The van der Waals surface area contributed by atoms with Gasteiger partial charge in [0.05, 0.1) is 11.5 Å². The first-order chi connectivity index (χ1) is 10.3. The van der Waals surface area contributed by atoms with Gasteiger partial charge in [0.1, 0.15) is 6.61 Å². The molecular formula is C16H19NO2S2. The Morgan fingerprint density at radius 1 is 1.24 bits per heavy atom. The molecule has 0 radical (unpaired) electrons. The lowest BCUT2D eigenvalue weighted by atomic mass is 10.3. The number of aliphatic hydroxyl groups excluding tert-OH is 1. The van der Waals surface area contributed by atoms with Gasteiger partial charge in [0.25, 0.3) is 0 Å². The summed E-state index contributed by atoms with van der Waals surface area (Å²) in [7, 11) is 1.73. The van der Waals surface area contributed by atoms with Gasteiger partial charge in [-0.15, -0.1) is 22.7 Å². The lowest BCUT2D eigenvalue weighted by Crippen LogP contribution is -2.25. The molecule has 0 aliphatic rings. The van der Waals surface area contributed by atoms with Crippen LogP contribution < -0.4 is 0 Å².